The van der Waals surface area contributed by atoms with Crippen LogP contribution in [-0.2, 0) is 6.42 Å². The second-order valence-electron chi connectivity index (χ2n) is 8.05. The van der Waals surface area contributed by atoms with E-state index in [1.165, 1.54) is 12.5 Å². The number of nitrogens with zero attached hydrogens (tertiary/aromatic N) is 2. The molecule has 0 aliphatic carbocycles. The maximum absolute atomic E-state index is 12.9. The molecule has 0 unspecified atom stereocenters. The third kappa shape index (κ3) is 5.74. The van der Waals surface area contributed by atoms with Crippen LogP contribution in [0.15, 0.2) is 107 Å². The van der Waals surface area contributed by atoms with E-state index in [0.717, 1.165) is 22.5 Å². The fourth-order valence-electron chi connectivity index (χ4n) is 3.53. The molecular formula is C29H24N2O2. The van der Waals surface area contributed by atoms with Crippen molar-refractivity contribution in [1.82, 2.24) is 0 Å². The fraction of sp³-hybridized carbons (Fsp3) is 0.103. The first-order valence-corrected chi connectivity index (χ1v) is 10.8. The first-order valence-electron chi connectivity index (χ1n) is 10.8. The second kappa shape index (κ2) is 9.96. The predicted molar refractivity (Wildman–Crippen MR) is 131 cm³/mol. The molecule has 4 aromatic rings. The van der Waals surface area contributed by atoms with Crippen LogP contribution in [0.25, 0.3) is 0 Å². The van der Waals surface area contributed by atoms with Crippen molar-refractivity contribution in [3.63, 3.8) is 0 Å². The van der Waals surface area contributed by atoms with E-state index < -0.39 is 0 Å². The number of rotatable bonds is 7. The van der Waals surface area contributed by atoms with E-state index in [1.807, 2.05) is 85.8 Å². The Labute approximate surface area is 193 Å². The zero-order valence-corrected chi connectivity index (χ0v) is 18.7. The molecule has 4 nitrogen and oxygen atoms in total. The molecule has 0 aliphatic heterocycles. The number of azo groups is 1. The van der Waals surface area contributed by atoms with Crippen LogP contribution in [0, 0.1) is 6.92 Å². The van der Waals surface area contributed by atoms with Crippen LogP contribution in [0.2, 0.25) is 0 Å². The summed E-state index contributed by atoms with van der Waals surface area (Å²) >= 11 is 0. The Morgan fingerprint density at radius 3 is 1.82 bits per heavy atom. The quantitative estimate of drug-likeness (QED) is 0.225. The lowest BCUT2D eigenvalue weighted by Crippen LogP contribution is -2.05. The van der Waals surface area contributed by atoms with Gasteiger partial charge in [0.2, 0.25) is 0 Å². The minimum atomic E-state index is -0.0909. The number of benzene rings is 4. The molecule has 0 atom stereocenters. The van der Waals surface area contributed by atoms with Crippen molar-refractivity contribution >= 4 is 22.9 Å². The number of hydrogen-bond acceptors (Lipinski definition) is 4. The van der Waals surface area contributed by atoms with Gasteiger partial charge in [-0.2, -0.15) is 10.2 Å². The molecule has 0 bridgehead atoms. The van der Waals surface area contributed by atoms with Crippen LogP contribution in [0.1, 0.15) is 49.9 Å². The van der Waals surface area contributed by atoms with E-state index in [2.05, 4.69) is 10.2 Å². The van der Waals surface area contributed by atoms with Gasteiger partial charge < -0.3 is 0 Å². The SMILES string of the molecule is CC(=O)c1cc(Cc2ccc(N=Nc3ccc(C)cc3)cc2)cc(C(=O)c2ccccc2)c1. The van der Waals surface area contributed by atoms with Crippen molar-refractivity contribution in [2.24, 2.45) is 10.2 Å². The first kappa shape index (κ1) is 22.0. The first-order chi connectivity index (χ1) is 16.0. The van der Waals surface area contributed by atoms with Gasteiger partial charge in [-0.1, -0.05) is 60.2 Å². The standard InChI is InChI=1S/C29H24N2O2/c1-20-8-12-27(13-9-20)30-31-28-14-10-22(11-15-28)16-23-17-25(21(2)32)19-26(18-23)29(33)24-6-4-3-5-7-24/h3-15,17-19H,16H2,1-2H3. The molecular weight excluding hydrogens is 408 g/mol. The van der Waals surface area contributed by atoms with Gasteiger partial charge in [0.05, 0.1) is 11.4 Å². The van der Waals surface area contributed by atoms with Crippen LogP contribution in [0.5, 0.6) is 0 Å². The van der Waals surface area contributed by atoms with Crippen molar-refractivity contribution in [2.45, 2.75) is 20.3 Å². The zero-order chi connectivity index (χ0) is 23.2. The number of carbonyl (C=O) groups excluding carboxylic acids is 2. The molecule has 0 N–H and O–H groups in total. The number of aryl methyl sites for hydroxylation is 1. The van der Waals surface area contributed by atoms with E-state index in [9.17, 15) is 9.59 Å². The molecule has 0 radical (unpaired) electrons. The Morgan fingerprint density at radius 2 is 1.21 bits per heavy atom. The molecule has 0 fully saturated rings. The highest BCUT2D eigenvalue weighted by atomic mass is 16.1. The van der Waals surface area contributed by atoms with Gasteiger partial charge in [0.1, 0.15) is 0 Å². The van der Waals surface area contributed by atoms with Crippen LogP contribution in [0.4, 0.5) is 11.4 Å². The summed E-state index contributed by atoms with van der Waals surface area (Å²) in [7, 11) is 0. The van der Waals surface area contributed by atoms with Gasteiger partial charge in [0, 0.05) is 16.7 Å². The van der Waals surface area contributed by atoms with Crippen LogP contribution >= 0.6 is 0 Å². The summed E-state index contributed by atoms with van der Waals surface area (Å²) in [5, 5.41) is 8.57. The third-order valence-electron chi connectivity index (χ3n) is 5.36. The summed E-state index contributed by atoms with van der Waals surface area (Å²) in [6.07, 6.45) is 0.603. The Kier molecular flexibility index (Phi) is 6.65. The fourth-order valence-corrected chi connectivity index (χ4v) is 3.53. The lowest BCUT2D eigenvalue weighted by atomic mass is 9.94. The zero-order valence-electron chi connectivity index (χ0n) is 18.7. The van der Waals surface area contributed by atoms with Gasteiger partial charge in [-0.05, 0) is 73.9 Å². The molecule has 0 heterocycles. The Balaban J connectivity index is 1.54. The molecule has 0 aliphatic rings. The van der Waals surface area contributed by atoms with Gasteiger partial charge >= 0.3 is 0 Å². The Bertz CT molecular complexity index is 1310. The van der Waals surface area contributed by atoms with Crippen molar-refractivity contribution < 1.29 is 9.59 Å². The highest BCUT2D eigenvalue weighted by molar-refractivity contribution is 6.10. The molecule has 0 aromatic heterocycles. The second-order valence-corrected chi connectivity index (χ2v) is 8.05. The van der Waals surface area contributed by atoms with Crippen LogP contribution in [-0.4, -0.2) is 11.6 Å². The maximum atomic E-state index is 12.9. The monoisotopic (exact) mass is 432 g/mol. The third-order valence-corrected chi connectivity index (χ3v) is 5.36. The largest absolute Gasteiger partial charge is 0.295 e. The molecule has 0 amide bonds. The maximum Gasteiger partial charge on any atom is 0.193 e. The van der Waals surface area contributed by atoms with E-state index in [0.29, 0.717) is 23.1 Å². The van der Waals surface area contributed by atoms with Crippen molar-refractivity contribution in [3.05, 3.63) is 130 Å². The van der Waals surface area contributed by atoms with Gasteiger partial charge in [-0.15, -0.1) is 0 Å². The lowest BCUT2D eigenvalue weighted by molar-refractivity contribution is 0.101. The summed E-state index contributed by atoms with van der Waals surface area (Å²) in [5.74, 6) is -0.155. The summed E-state index contributed by atoms with van der Waals surface area (Å²) in [6.45, 7) is 3.55. The molecule has 4 heteroatoms. The molecule has 4 aromatic carbocycles. The summed E-state index contributed by atoms with van der Waals surface area (Å²) < 4.78 is 0. The van der Waals surface area contributed by atoms with Crippen molar-refractivity contribution in [2.75, 3.05) is 0 Å². The Hall–Kier alpha value is -4.18. The van der Waals surface area contributed by atoms with Gasteiger partial charge in [-0.25, -0.2) is 0 Å². The molecule has 0 spiro atoms. The van der Waals surface area contributed by atoms with Crippen molar-refractivity contribution in [1.29, 1.82) is 0 Å². The Morgan fingerprint density at radius 1 is 0.636 bits per heavy atom. The molecule has 0 saturated heterocycles. The van der Waals surface area contributed by atoms with E-state index in [4.69, 9.17) is 0 Å². The van der Waals surface area contributed by atoms with E-state index in [1.54, 1.807) is 18.2 Å². The summed E-state index contributed by atoms with van der Waals surface area (Å²) in [6, 6.07) is 30.2. The summed E-state index contributed by atoms with van der Waals surface area (Å²) in [5.41, 5.74) is 6.38. The normalized spacial score (nSPS) is 11.0. The number of carbonyl (C=O) groups is 2. The van der Waals surface area contributed by atoms with Crippen molar-refractivity contribution in [3.8, 4) is 0 Å². The van der Waals surface area contributed by atoms with Crippen LogP contribution in [0.3, 0.4) is 0 Å². The average molecular weight is 433 g/mol. The number of Topliss-reactive ketones (excluding diaryl/α,β-unsaturated/α-hetero) is 1. The van der Waals surface area contributed by atoms with Gasteiger partial charge in [-0.3, -0.25) is 9.59 Å². The summed E-state index contributed by atoms with van der Waals surface area (Å²) in [4.78, 5) is 25.0. The van der Waals surface area contributed by atoms with Gasteiger partial charge in [0.25, 0.3) is 0 Å². The highest BCUT2D eigenvalue weighted by Gasteiger charge is 2.13. The topological polar surface area (TPSA) is 58.9 Å². The van der Waals surface area contributed by atoms with E-state index in [-0.39, 0.29) is 11.6 Å². The minimum absolute atomic E-state index is 0.0640. The number of hydrogen-bond donors (Lipinski definition) is 0. The highest BCUT2D eigenvalue weighted by Crippen LogP contribution is 2.22. The lowest BCUT2D eigenvalue weighted by Gasteiger charge is -2.09. The molecule has 4 rings (SSSR count). The van der Waals surface area contributed by atoms with Gasteiger partial charge in [0.15, 0.2) is 11.6 Å². The molecule has 33 heavy (non-hydrogen) atoms. The van der Waals surface area contributed by atoms with Crippen LogP contribution < -0.4 is 0 Å². The molecule has 162 valence electrons. The smallest absolute Gasteiger partial charge is 0.193 e. The van der Waals surface area contributed by atoms with E-state index >= 15 is 0 Å². The number of ketones is 2. The molecule has 0 saturated carbocycles. The predicted octanol–water partition coefficient (Wildman–Crippen LogP) is 7.43. The average Bonchev–Trinajstić information content (AvgIpc) is 2.84. The minimum Gasteiger partial charge on any atom is -0.295 e.